The summed E-state index contributed by atoms with van der Waals surface area (Å²) in [4.78, 5) is 18.9. The third-order valence-corrected chi connectivity index (χ3v) is 4.32. The molecule has 5 nitrogen and oxygen atoms in total. The molecule has 1 unspecified atom stereocenters. The normalized spacial score (nSPS) is 17.8. The average Bonchev–Trinajstić information content (AvgIpc) is 3.13. The predicted molar refractivity (Wildman–Crippen MR) is 84.3 cm³/mol. The summed E-state index contributed by atoms with van der Waals surface area (Å²) in [6, 6.07) is 7.62. The van der Waals surface area contributed by atoms with E-state index >= 15 is 0 Å². The second kappa shape index (κ2) is 5.83. The van der Waals surface area contributed by atoms with E-state index < -0.39 is 0 Å². The summed E-state index contributed by atoms with van der Waals surface area (Å²) in [7, 11) is 1.62. The zero-order valence-corrected chi connectivity index (χ0v) is 13.2. The molecule has 1 aliphatic heterocycles. The molecule has 2 aromatic rings. The van der Waals surface area contributed by atoms with Gasteiger partial charge in [-0.3, -0.25) is 4.79 Å². The third kappa shape index (κ3) is 2.58. The largest absolute Gasteiger partial charge is 0.497 e. The summed E-state index contributed by atoms with van der Waals surface area (Å²) < 4.78 is 7.37. The molecule has 0 saturated carbocycles. The highest BCUT2D eigenvalue weighted by Gasteiger charge is 2.29. The quantitative estimate of drug-likeness (QED) is 0.875. The number of methoxy groups -OCH3 is 1. The van der Waals surface area contributed by atoms with Crippen LogP contribution in [0.2, 0.25) is 0 Å². The van der Waals surface area contributed by atoms with Crippen molar-refractivity contribution in [3.05, 3.63) is 47.5 Å². The van der Waals surface area contributed by atoms with E-state index in [0.717, 1.165) is 36.8 Å². The second-order valence-corrected chi connectivity index (χ2v) is 5.74. The number of aryl methyl sites for hydroxylation is 2. The van der Waals surface area contributed by atoms with Gasteiger partial charge in [0, 0.05) is 30.5 Å². The fourth-order valence-electron chi connectivity index (χ4n) is 3.17. The number of ether oxygens (including phenoxy) is 1. The Bertz CT molecular complexity index is 656. The lowest BCUT2D eigenvalue weighted by atomic mass is 10.2. The van der Waals surface area contributed by atoms with Crippen molar-refractivity contribution in [1.29, 1.82) is 0 Å². The van der Waals surface area contributed by atoms with Gasteiger partial charge in [-0.25, -0.2) is 4.98 Å². The smallest absolute Gasteiger partial charge is 0.253 e. The molecular weight excluding hydrogens is 278 g/mol. The van der Waals surface area contributed by atoms with E-state index in [1.807, 2.05) is 42.3 Å². The molecule has 116 valence electrons. The Kier molecular flexibility index (Phi) is 3.88. The Balaban J connectivity index is 1.73. The first-order chi connectivity index (χ1) is 10.6. The van der Waals surface area contributed by atoms with Crippen LogP contribution in [-0.2, 0) is 0 Å². The molecule has 0 spiro atoms. The molecule has 1 amide bonds. The maximum absolute atomic E-state index is 12.6. The van der Waals surface area contributed by atoms with Crippen LogP contribution in [0.5, 0.6) is 5.75 Å². The molecule has 1 aromatic heterocycles. The lowest BCUT2D eigenvalue weighted by Gasteiger charge is -2.19. The van der Waals surface area contributed by atoms with Crippen molar-refractivity contribution >= 4 is 5.91 Å². The van der Waals surface area contributed by atoms with E-state index in [2.05, 4.69) is 16.5 Å². The van der Waals surface area contributed by atoms with Gasteiger partial charge in [-0.1, -0.05) is 0 Å². The van der Waals surface area contributed by atoms with Gasteiger partial charge in [0.05, 0.1) is 13.2 Å². The number of carbonyl (C=O) groups is 1. The van der Waals surface area contributed by atoms with Crippen LogP contribution in [0.15, 0.2) is 30.5 Å². The number of benzene rings is 1. The standard InChI is InChI=1S/C17H21N3O2/c1-12-10-18-13(2)20(12)15-8-9-19(11-15)17(21)14-4-6-16(22-3)7-5-14/h4-7,10,15H,8-9,11H2,1-3H3. The van der Waals surface area contributed by atoms with E-state index in [0.29, 0.717) is 11.6 Å². The van der Waals surface area contributed by atoms with Crippen LogP contribution in [0.1, 0.15) is 34.3 Å². The SMILES string of the molecule is COc1ccc(C(=O)N2CCC(n3c(C)cnc3C)C2)cc1. The van der Waals surface area contributed by atoms with Crippen LogP contribution >= 0.6 is 0 Å². The van der Waals surface area contributed by atoms with Crippen molar-refractivity contribution in [2.75, 3.05) is 20.2 Å². The molecule has 3 rings (SSSR count). The zero-order chi connectivity index (χ0) is 15.7. The highest BCUT2D eigenvalue weighted by molar-refractivity contribution is 5.94. The first kappa shape index (κ1) is 14.6. The molecule has 0 N–H and O–H groups in total. The number of rotatable bonds is 3. The third-order valence-electron chi connectivity index (χ3n) is 4.32. The van der Waals surface area contributed by atoms with Gasteiger partial charge in [0.1, 0.15) is 11.6 Å². The molecule has 1 atom stereocenters. The van der Waals surface area contributed by atoms with Crippen LogP contribution in [0.4, 0.5) is 0 Å². The van der Waals surface area contributed by atoms with Gasteiger partial charge in [0.2, 0.25) is 0 Å². The van der Waals surface area contributed by atoms with E-state index in [9.17, 15) is 4.79 Å². The van der Waals surface area contributed by atoms with Crippen LogP contribution in [0, 0.1) is 13.8 Å². The summed E-state index contributed by atoms with van der Waals surface area (Å²) in [6.45, 7) is 5.60. The van der Waals surface area contributed by atoms with Crippen LogP contribution < -0.4 is 4.74 Å². The lowest BCUT2D eigenvalue weighted by Crippen LogP contribution is -2.29. The highest BCUT2D eigenvalue weighted by atomic mass is 16.5. The summed E-state index contributed by atoms with van der Waals surface area (Å²) in [5.74, 6) is 1.86. The van der Waals surface area contributed by atoms with Crippen molar-refractivity contribution in [2.24, 2.45) is 0 Å². The molecule has 5 heteroatoms. The fourth-order valence-corrected chi connectivity index (χ4v) is 3.17. The number of hydrogen-bond donors (Lipinski definition) is 0. The number of carbonyl (C=O) groups excluding carboxylic acids is 1. The number of aromatic nitrogens is 2. The molecule has 0 aliphatic carbocycles. The monoisotopic (exact) mass is 299 g/mol. The van der Waals surface area contributed by atoms with Gasteiger partial charge < -0.3 is 14.2 Å². The molecule has 1 aromatic carbocycles. The predicted octanol–water partition coefficient (Wildman–Crippen LogP) is 2.60. The number of amides is 1. The van der Waals surface area contributed by atoms with Crippen molar-refractivity contribution in [3.8, 4) is 5.75 Å². The molecule has 22 heavy (non-hydrogen) atoms. The Labute approximate surface area is 130 Å². The molecule has 0 bridgehead atoms. The van der Waals surface area contributed by atoms with E-state index in [1.165, 1.54) is 0 Å². The van der Waals surface area contributed by atoms with Crippen LogP contribution in [-0.4, -0.2) is 40.6 Å². The number of nitrogens with zero attached hydrogens (tertiary/aromatic N) is 3. The van der Waals surface area contributed by atoms with Crippen molar-refractivity contribution in [2.45, 2.75) is 26.3 Å². The van der Waals surface area contributed by atoms with Gasteiger partial charge in [0.25, 0.3) is 5.91 Å². The number of hydrogen-bond acceptors (Lipinski definition) is 3. The second-order valence-electron chi connectivity index (χ2n) is 5.74. The first-order valence-electron chi connectivity index (χ1n) is 7.54. The summed E-state index contributed by atoms with van der Waals surface area (Å²) in [5.41, 5.74) is 1.86. The Morgan fingerprint density at radius 2 is 2.00 bits per heavy atom. The number of likely N-dealkylation sites (tertiary alicyclic amines) is 1. The molecule has 1 aliphatic rings. The topological polar surface area (TPSA) is 47.4 Å². The van der Waals surface area contributed by atoms with Crippen molar-refractivity contribution < 1.29 is 9.53 Å². The van der Waals surface area contributed by atoms with E-state index in [-0.39, 0.29) is 5.91 Å². The summed E-state index contributed by atoms with van der Waals surface area (Å²) >= 11 is 0. The maximum atomic E-state index is 12.6. The maximum Gasteiger partial charge on any atom is 0.253 e. The minimum atomic E-state index is 0.0839. The Morgan fingerprint density at radius 3 is 2.59 bits per heavy atom. The van der Waals surface area contributed by atoms with Crippen molar-refractivity contribution in [3.63, 3.8) is 0 Å². The molecular formula is C17H21N3O2. The van der Waals surface area contributed by atoms with Crippen LogP contribution in [0.3, 0.4) is 0 Å². The number of imidazole rings is 1. The average molecular weight is 299 g/mol. The summed E-state index contributed by atoms with van der Waals surface area (Å²) in [5, 5.41) is 0. The van der Waals surface area contributed by atoms with Gasteiger partial charge >= 0.3 is 0 Å². The minimum Gasteiger partial charge on any atom is -0.497 e. The zero-order valence-electron chi connectivity index (χ0n) is 13.2. The first-order valence-corrected chi connectivity index (χ1v) is 7.54. The summed E-state index contributed by atoms with van der Waals surface area (Å²) in [6.07, 6.45) is 2.86. The highest BCUT2D eigenvalue weighted by Crippen LogP contribution is 2.26. The van der Waals surface area contributed by atoms with E-state index in [4.69, 9.17) is 4.74 Å². The van der Waals surface area contributed by atoms with Gasteiger partial charge in [-0.05, 0) is 44.5 Å². The molecule has 2 heterocycles. The van der Waals surface area contributed by atoms with Crippen molar-refractivity contribution in [1.82, 2.24) is 14.5 Å². The fraction of sp³-hybridized carbons (Fsp3) is 0.412. The minimum absolute atomic E-state index is 0.0839. The van der Waals surface area contributed by atoms with Gasteiger partial charge in [-0.15, -0.1) is 0 Å². The lowest BCUT2D eigenvalue weighted by molar-refractivity contribution is 0.0787. The molecule has 0 radical (unpaired) electrons. The van der Waals surface area contributed by atoms with Gasteiger partial charge in [-0.2, -0.15) is 0 Å². The van der Waals surface area contributed by atoms with Crippen LogP contribution in [0.25, 0.3) is 0 Å². The van der Waals surface area contributed by atoms with E-state index in [1.54, 1.807) is 7.11 Å². The van der Waals surface area contributed by atoms with Gasteiger partial charge in [0.15, 0.2) is 0 Å². The Morgan fingerprint density at radius 1 is 1.27 bits per heavy atom. The molecule has 1 fully saturated rings. The Hall–Kier alpha value is -2.30. The molecule has 1 saturated heterocycles.